The van der Waals surface area contributed by atoms with Crippen molar-refractivity contribution in [2.45, 2.75) is 0 Å². The van der Waals surface area contributed by atoms with Crippen molar-refractivity contribution in [3.8, 4) is 0 Å². The van der Waals surface area contributed by atoms with Gasteiger partial charge in [0.1, 0.15) is 0 Å². The maximum Gasteiger partial charge on any atom is 0 e. The van der Waals surface area contributed by atoms with E-state index in [4.69, 9.17) is 0 Å². The summed E-state index contributed by atoms with van der Waals surface area (Å²) in [6, 6.07) is 0. The summed E-state index contributed by atoms with van der Waals surface area (Å²) in [6.45, 7) is 0. The Labute approximate surface area is 75.6 Å². The molecule has 0 saturated heterocycles. The van der Waals surface area contributed by atoms with E-state index in [1.165, 1.54) is 0 Å². The first kappa shape index (κ1) is 61.2. The standard InChI is InChI=1S/4ClH.Po/h4*1H;. The maximum atomic E-state index is 0. The molecule has 0 fully saturated rings. The molecule has 0 unspecified atom stereocenters. The molecule has 2 radical (unpaired) electrons. The summed E-state index contributed by atoms with van der Waals surface area (Å²) in [7, 11) is 0. The van der Waals surface area contributed by atoms with Crippen molar-refractivity contribution >= 4 is 76.2 Å². The Balaban J connectivity index is 0. The van der Waals surface area contributed by atoms with Crippen molar-refractivity contribution in [1.29, 1.82) is 0 Å². The average molecular weight is 355 g/mol. The van der Waals surface area contributed by atoms with E-state index in [9.17, 15) is 0 Å². The van der Waals surface area contributed by atoms with Crippen molar-refractivity contribution in [2.24, 2.45) is 0 Å². The number of hydrogen-bond donors (Lipinski definition) is 0. The Morgan fingerprint density at radius 2 is 0.400 bits per heavy atom. The molecule has 0 aromatic rings. The molecule has 0 amide bonds. The first-order valence-electron chi connectivity index (χ1n) is 0. The normalized spacial score (nSPS) is 0. The van der Waals surface area contributed by atoms with Crippen LogP contribution in [0.25, 0.3) is 0 Å². The van der Waals surface area contributed by atoms with Gasteiger partial charge in [-0.1, -0.05) is 0 Å². The Kier molecular flexibility index (Phi) is 448. The van der Waals surface area contributed by atoms with Crippen LogP contribution in [-0.4, -0.2) is 26.6 Å². The summed E-state index contributed by atoms with van der Waals surface area (Å²) in [5, 5.41) is 0. The molecule has 0 bridgehead atoms. The fourth-order valence-electron chi connectivity index (χ4n) is 0. The van der Waals surface area contributed by atoms with E-state index in [1.54, 1.807) is 0 Å². The molecule has 0 aliphatic heterocycles. The van der Waals surface area contributed by atoms with Gasteiger partial charge in [-0.05, 0) is 0 Å². The fraction of sp³-hybridized carbons (Fsp3) is 0. The van der Waals surface area contributed by atoms with Crippen LogP contribution in [0.5, 0.6) is 0 Å². The molecule has 0 saturated carbocycles. The Hall–Kier alpha value is 2.06. The van der Waals surface area contributed by atoms with E-state index >= 15 is 0 Å². The van der Waals surface area contributed by atoms with Gasteiger partial charge >= 0.3 is 0 Å². The minimum atomic E-state index is 0. The van der Waals surface area contributed by atoms with Crippen LogP contribution >= 0.6 is 49.6 Å². The third-order valence-corrected chi connectivity index (χ3v) is 0. The van der Waals surface area contributed by atoms with Gasteiger partial charge in [0.25, 0.3) is 0 Å². The van der Waals surface area contributed by atoms with Gasteiger partial charge in [-0.15, -0.1) is 49.6 Å². The predicted octanol–water partition coefficient (Wildman–Crippen LogP) is 1.31. The quantitative estimate of drug-likeness (QED) is 0.615. The van der Waals surface area contributed by atoms with Crippen molar-refractivity contribution in [2.75, 3.05) is 0 Å². The van der Waals surface area contributed by atoms with Crippen molar-refractivity contribution in [3.63, 3.8) is 0 Å². The number of halogens is 4. The molecule has 0 aromatic heterocycles. The van der Waals surface area contributed by atoms with Crippen LogP contribution in [0.1, 0.15) is 0 Å². The Morgan fingerprint density at radius 1 is 0.400 bits per heavy atom. The second kappa shape index (κ2) is 36.6. The summed E-state index contributed by atoms with van der Waals surface area (Å²) in [5.41, 5.74) is 0. The van der Waals surface area contributed by atoms with Gasteiger partial charge in [0.15, 0.2) is 0 Å². The van der Waals surface area contributed by atoms with E-state index < -0.39 is 0 Å². The molecule has 0 nitrogen and oxygen atoms in total. The second-order valence-electron chi connectivity index (χ2n) is 0. The molecule has 38 valence electrons. The van der Waals surface area contributed by atoms with E-state index in [-0.39, 0.29) is 76.2 Å². The van der Waals surface area contributed by atoms with Gasteiger partial charge < -0.3 is 0 Å². The van der Waals surface area contributed by atoms with Gasteiger partial charge in [0, 0.05) is 26.6 Å². The first-order chi connectivity index (χ1) is 0. The molecule has 5 heteroatoms. The van der Waals surface area contributed by atoms with Crippen LogP contribution < -0.4 is 0 Å². The summed E-state index contributed by atoms with van der Waals surface area (Å²) >= 11 is 0. The monoisotopic (exact) mass is 353 g/mol. The molecule has 0 aliphatic rings. The van der Waals surface area contributed by atoms with Crippen LogP contribution in [0.2, 0.25) is 0 Å². The maximum absolute atomic E-state index is 0. The van der Waals surface area contributed by atoms with E-state index in [2.05, 4.69) is 0 Å². The summed E-state index contributed by atoms with van der Waals surface area (Å²) in [6.07, 6.45) is 0. The van der Waals surface area contributed by atoms with Crippen LogP contribution in [0, 0.1) is 0 Å². The molecule has 0 aliphatic carbocycles. The number of rotatable bonds is 0. The number of hydrogen-bond acceptors (Lipinski definition) is 0. The molecule has 0 N–H and O–H groups in total. The molecule has 0 atom stereocenters. The largest absolute Gasteiger partial charge is 0.147 e. The topological polar surface area (TPSA) is 0 Å². The molecule has 0 aromatic carbocycles. The third-order valence-electron chi connectivity index (χ3n) is 0. The minimum absolute atomic E-state index is 0. The zero-order chi connectivity index (χ0) is 0. The Morgan fingerprint density at radius 3 is 0.400 bits per heavy atom. The van der Waals surface area contributed by atoms with Crippen molar-refractivity contribution < 1.29 is 0 Å². The summed E-state index contributed by atoms with van der Waals surface area (Å²) in [5.74, 6) is 0. The van der Waals surface area contributed by atoms with Crippen LogP contribution in [0.15, 0.2) is 0 Å². The zero-order valence-electron chi connectivity index (χ0n) is 2.04. The van der Waals surface area contributed by atoms with E-state index in [0.29, 0.717) is 0 Å². The van der Waals surface area contributed by atoms with Gasteiger partial charge in [-0.3, -0.25) is 0 Å². The van der Waals surface area contributed by atoms with E-state index in [1.807, 2.05) is 0 Å². The first-order valence-corrected chi connectivity index (χ1v) is 0. The van der Waals surface area contributed by atoms with Gasteiger partial charge in [-0.2, -0.15) is 0 Å². The van der Waals surface area contributed by atoms with Gasteiger partial charge in [0.2, 0.25) is 0 Å². The second-order valence-corrected chi connectivity index (χ2v) is 0. The average Bonchev–Trinajstić information content (AvgIpc) is 0. The van der Waals surface area contributed by atoms with Crippen molar-refractivity contribution in [3.05, 3.63) is 0 Å². The van der Waals surface area contributed by atoms with Crippen molar-refractivity contribution in [1.82, 2.24) is 0 Å². The van der Waals surface area contributed by atoms with E-state index in [0.717, 1.165) is 0 Å². The minimum Gasteiger partial charge on any atom is -0.147 e. The predicted molar refractivity (Wildman–Crippen MR) is 34.7 cm³/mol. The van der Waals surface area contributed by atoms with Crippen LogP contribution in [-0.2, 0) is 0 Å². The fourth-order valence-corrected chi connectivity index (χ4v) is 0. The molecule has 0 rings (SSSR count). The molecule has 5 heavy (non-hydrogen) atoms. The van der Waals surface area contributed by atoms with Crippen LogP contribution in [0.4, 0.5) is 0 Å². The van der Waals surface area contributed by atoms with Gasteiger partial charge in [-0.25, -0.2) is 0 Å². The van der Waals surface area contributed by atoms with Gasteiger partial charge in [0.05, 0.1) is 0 Å². The summed E-state index contributed by atoms with van der Waals surface area (Å²) < 4.78 is 0. The van der Waals surface area contributed by atoms with Crippen LogP contribution in [0.3, 0.4) is 0 Å². The summed E-state index contributed by atoms with van der Waals surface area (Å²) in [4.78, 5) is 0. The zero-order valence-corrected chi connectivity index (χ0v) is 8.48. The molecular formula is H4Cl4Po. The Bertz CT molecular complexity index is 3.61. The molecular weight excluding hydrogens is 351 g/mol. The SMILES string of the molecule is Cl.Cl.Cl.Cl.[Po]. The smallest absolute Gasteiger partial charge is 0 e. The molecule has 0 spiro atoms. The third kappa shape index (κ3) is 23.6. The molecule has 0 heterocycles.